The summed E-state index contributed by atoms with van der Waals surface area (Å²) in [7, 11) is 0. The maximum atomic E-state index is 16.9. The molecule has 0 saturated heterocycles. The molecule has 0 amide bonds. The van der Waals surface area contributed by atoms with E-state index in [0.29, 0.717) is 24.8 Å². The summed E-state index contributed by atoms with van der Waals surface area (Å²) in [5, 5.41) is 47.8. The normalized spacial score (nSPS) is 42.8. The van der Waals surface area contributed by atoms with Crippen LogP contribution in [0, 0.1) is 28.6 Å². The smallest absolute Gasteiger partial charge is 0.303 e. The number of carbonyl (C=O) groups excluding carboxylic acids is 2. The molecular weight excluding hydrogens is 475 g/mol. The largest absolute Gasteiger partial charge is 0.481 e. The van der Waals surface area contributed by atoms with Gasteiger partial charge in [-0.2, -0.15) is 0 Å². The molecule has 9 nitrogen and oxygen atoms in total. The molecular formula is C26H35FO9. The number of Topliss-reactive ketones (excluding diaryl/α,β-unsaturated/α-hetero) is 1. The molecule has 4 aliphatic rings. The molecule has 4 aliphatic carbocycles. The second kappa shape index (κ2) is 9.46. The topological polar surface area (TPSA) is 169 Å². The van der Waals surface area contributed by atoms with E-state index in [1.807, 2.05) is 0 Å². The van der Waals surface area contributed by atoms with Crippen LogP contribution in [0.15, 0.2) is 23.8 Å². The van der Waals surface area contributed by atoms with Crippen LogP contribution in [0.4, 0.5) is 4.39 Å². The summed E-state index contributed by atoms with van der Waals surface area (Å²) in [6.45, 7) is 4.48. The maximum Gasteiger partial charge on any atom is 0.303 e. The van der Waals surface area contributed by atoms with Gasteiger partial charge in [-0.15, -0.1) is 0 Å². The molecule has 10 heteroatoms. The number of hydrogen-bond acceptors (Lipinski definition) is 7. The van der Waals surface area contributed by atoms with Gasteiger partial charge in [0.15, 0.2) is 17.2 Å². The lowest BCUT2D eigenvalue weighted by atomic mass is 9.44. The highest BCUT2D eigenvalue weighted by atomic mass is 19.1. The van der Waals surface area contributed by atoms with Crippen molar-refractivity contribution in [3.63, 3.8) is 0 Å². The van der Waals surface area contributed by atoms with Gasteiger partial charge in [0, 0.05) is 16.7 Å². The molecule has 3 saturated carbocycles. The number of hydrogen-bond donors (Lipinski definition) is 5. The van der Waals surface area contributed by atoms with Crippen molar-refractivity contribution in [2.45, 2.75) is 76.7 Å². The number of allylic oxidation sites excluding steroid dienone is 4. The summed E-state index contributed by atoms with van der Waals surface area (Å²) in [6.07, 6.45) is 3.85. The van der Waals surface area contributed by atoms with Crippen LogP contribution in [0.3, 0.4) is 0 Å². The maximum absolute atomic E-state index is 16.9. The highest BCUT2D eigenvalue weighted by molar-refractivity contribution is 6.01. The number of halogens is 1. The van der Waals surface area contributed by atoms with Gasteiger partial charge in [-0.1, -0.05) is 25.5 Å². The van der Waals surface area contributed by atoms with E-state index in [0.717, 1.165) is 0 Å². The number of fused-ring (bicyclic) bond motifs is 5. The second-order valence-corrected chi connectivity index (χ2v) is 11.0. The third-order valence-corrected chi connectivity index (χ3v) is 9.34. The lowest BCUT2D eigenvalue weighted by molar-refractivity contribution is -0.219. The van der Waals surface area contributed by atoms with E-state index in [1.54, 1.807) is 26.8 Å². The van der Waals surface area contributed by atoms with Gasteiger partial charge in [-0.05, 0) is 56.6 Å². The molecule has 0 bridgehead atoms. The lowest BCUT2D eigenvalue weighted by Gasteiger charge is -2.62. The Morgan fingerprint density at radius 3 is 2.22 bits per heavy atom. The predicted molar refractivity (Wildman–Crippen MR) is 124 cm³/mol. The van der Waals surface area contributed by atoms with Crippen LogP contribution in [-0.4, -0.2) is 73.0 Å². The van der Waals surface area contributed by atoms with E-state index in [-0.39, 0.29) is 31.0 Å². The number of aliphatic hydroxyl groups is 3. The molecule has 4 rings (SSSR count). The number of carboxylic acid groups (broad SMARTS) is 2. The standard InChI is InChI=1S/C22H29FO5.C4H6O4/c1-12-8-16-15-5-4-13-9-14(25)6-7-19(13,2)21(15,23)17(26)10-20(16,3)22(12,28)18(27)11-24;5-3(6)1-2-4(7)8/h6-7,9,12,15-17,24,26,28H,4-5,8,10-11H2,1-3H3;1-2H2,(H,5,6)(H,7,8)/t12-,15-,16-,17-,19-,20-,21-,22-;/m0./s1. The first-order valence-electron chi connectivity index (χ1n) is 12.2. The van der Waals surface area contributed by atoms with Crippen molar-refractivity contribution in [1.82, 2.24) is 0 Å². The Balaban J connectivity index is 0.000000392. The fraction of sp³-hybridized carbons (Fsp3) is 0.692. The molecule has 0 aliphatic heterocycles. The minimum Gasteiger partial charge on any atom is -0.481 e. The van der Waals surface area contributed by atoms with Crippen molar-refractivity contribution >= 4 is 23.5 Å². The van der Waals surface area contributed by atoms with E-state index in [2.05, 4.69) is 0 Å². The zero-order valence-corrected chi connectivity index (χ0v) is 20.7. The second-order valence-electron chi connectivity index (χ2n) is 11.0. The van der Waals surface area contributed by atoms with Gasteiger partial charge >= 0.3 is 11.9 Å². The molecule has 5 N–H and O–H groups in total. The van der Waals surface area contributed by atoms with E-state index in [1.165, 1.54) is 12.2 Å². The summed E-state index contributed by atoms with van der Waals surface area (Å²) >= 11 is 0. The highest BCUT2D eigenvalue weighted by Gasteiger charge is 2.75. The fourth-order valence-corrected chi connectivity index (χ4v) is 7.47. The third-order valence-electron chi connectivity index (χ3n) is 9.34. The zero-order chi connectivity index (χ0) is 27.3. The highest BCUT2D eigenvalue weighted by Crippen LogP contribution is 2.70. The van der Waals surface area contributed by atoms with Gasteiger partial charge in [0.25, 0.3) is 0 Å². The monoisotopic (exact) mass is 510 g/mol. The molecule has 8 atom stereocenters. The van der Waals surface area contributed by atoms with Gasteiger partial charge in [0.1, 0.15) is 12.2 Å². The molecule has 3 fully saturated rings. The van der Waals surface area contributed by atoms with Crippen LogP contribution in [-0.2, 0) is 19.2 Å². The molecule has 0 aromatic carbocycles. The summed E-state index contributed by atoms with van der Waals surface area (Å²) in [6, 6.07) is 0. The first-order chi connectivity index (χ1) is 16.6. The van der Waals surface area contributed by atoms with Crippen LogP contribution in [0.2, 0.25) is 0 Å². The number of aliphatic hydroxyl groups excluding tert-OH is 2. The van der Waals surface area contributed by atoms with Crippen molar-refractivity contribution in [1.29, 1.82) is 0 Å². The van der Waals surface area contributed by atoms with Crippen molar-refractivity contribution in [2.75, 3.05) is 6.61 Å². The van der Waals surface area contributed by atoms with Crippen LogP contribution < -0.4 is 0 Å². The Kier molecular flexibility index (Phi) is 7.40. The number of carboxylic acids is 2. The lowest BCUT2D eigenvalue weighted by Crippen LogP contribution is -2.69. The van der Waals surface area contributed by atoms with Crippen molar-refractivity contribution in [3.8, 4) is 0 Å². The number of rotatable bonds is 5. The van der Waals surface area contributed by atoms with Crippen molar-refractivity contribution < 1.29 is 49.1 Å². The Labute approximate surface area is 208 Å². The number of aliphatic carboxylic acids is 2. The summed E-state index contributed by atoms with van der Waals surface area (Å²) in [5.74, 6) is -4.27. The quantitative estimate of drug-likeness (QED) is 0.370. The molecule has 36 heavy (non-hydrogen) atoms. The van der Waals surface area contributed by atoms with Gasteiger partial charge in [0.2, 0.25) is 0 Å². The third kappa shape index (κ3) is 3.94. The molecule has 0 heterocycles. The predicted octanol–water partition coefficient (Wildman–Crippen LogP) is 1.83. The summed E-state index contributed by atoms with van der Waals surface area (Å²) in [5.41, 5.74) is -5.17. The van der Waals surface area contributed by atoms with E-state index in [4.69, 9.17) is 10.2 Å². The molecule has 0 unspecified atom stereocenters. The van der Waals surface area contributed by atoms with Gasteiger partial charge in [-0.25, -0.2) is 4.39 Å². The first-order valence-corrected chi connectivity index (χ1v) is 12.2. The molecule has 0 radical (unpaired) electrons. The Morgan fingerprint density at radius 2 is 1.69 bits per heavy atom. The molecule has 0 spiro atoms. The average molecular weight is 511 g/mol. The zero-order valence-electron chi connectivity index (χ0n) is 20.7. The van der Waals surface area contributed by atoms with E-state index >= 15 is 4.39 Å². The van der Waals surface area contributed by atoms with E-state index in [9.17, 15) is 34.5 Å². The fourth-order valence-electron chi connectivity index (χ4n) is 7.47. The minimum absolute atomic E-state index is 0.0676. The van der Waals surface area contributed by atoms with Crippen LogP contribution in [0.1, 0.15) is 59.3 Å². The Morgan fingerprint density at radius 1 is 1.11 bits per heavy atom. The molecule has 200 valence electrons. The van der Waals surface area contributed by atoms with Crippen molar-refractivity contribution in [3.05, 3.63) is 23.8 Å². The average Bonchev–Trinajstić information content (AvgIpc) is 3.00. The SMILES string of the molecule is C[C@H]1C[C@H]2[C@@H]3CCC4=CC(=O)C=C[C@]4(C)[C@@]3(F)[C@@H](O)C[C@]2(C)[C@@]1(O)C(=O)CO.O=C(O)CCC(=O)O. The van der Waals surface area contributed by atoms with Crippen LogP contribution >= 0.6 is 0 Å². The van der Waals surface area contributed by atoms with Gasteiger partial charge < -0.3 is 25.5 Å². The van der Waals surface area contributed by atoms with E-state index < -0.39 is 64.4 Å². The number of alkyl halides is 1. The van der Waals surface area contributed by atoms with Gasteiger partial charge in [0.05, 0.1) is 18.9 Å². The summed E-state index contributed by atoms with van der Waals surface area (Å²) in [4.78, 5) is 43.7. The molecule has 0 aromatic heterocycles. The summed E-state index contributed by atoms with van der Waals surface area (Å²) < 4.78 is 16.9. The first kappa shape index (κ1) is 28.1. The minimum atomic E-state index is -1.98. The number of ketones is 2. The number of carbonyl (C=O) groups is 4. The Hall–Kier alpha value is -2.43. The molecule has 0 aromatic rings. The van der Waals surface area contributed by atoms with Crippen LogP contribution in [0.5, 0.6) is 0 Å². The van der Waals surface area contributed by atoms with Crippen LogP contribution in [0.25, 0.3) is 0 Å². The van der Waals surface area contributed by atoms with Crippen molar-refractivity contribution in [2.24, 2.45) is 28.6 Å². The van der Waals surface area contributed by atoms with Gasteiger partial charge in [-0.3, -0.25) is 19.2 Å². The Bertz CT molecular complexity index is 1010.